The van der Waals surface area contributed by atoms with Gasteiger partial charge in [-0.2, -0.15) is 0 Å². The van der Waals surface area contributed by atoms with Crippen LogP contribution < -0.4 is 9.64 Å². The summed E-state index contributed by atoms with van der Waals surface area (Å²) in [5, 5.41) is 0. The molecule has 0 saturated carbocycles. The molecule has 3 aromatic rings. The Labute approximate surface area is 193 Å². The minimum atomic E-state index is -1.24. The summed E-state index contributed by atoms with van der Waals surface area (Å²) in [5.41, 5.74) is 1.93. The lowest BCUT2D eigenvalue weighted by molar-refractivity contribution is -0.123. The van der Waals surface area contributed by atoms with Gasteiger partial charge in [-0.25, -0.2) is 8.78 Å². The first kappa shape index (κ1) is 21.5. The van der Waals surface area contributed by atoms with Gasteiger partial charge in [0.05, 0.1) is 19.3 Å². The third-order valence-corrected chi connectivity index (χ3v) is 7.43. The first-order chi connectivity index (χ1) is 16.0. The lowest BCUT2D eigenvalue weighted by atomic mass is 10.0. The van der Waals surface area contributed by atoms with E-state index >= 15 is 0 Å². The van der Waals surface area contributed by atoms with Crippen molar-refractivity contribution in [1.29, 1.82) is 0 Å². The summed E-state index contributed by atoms with van der Waals surface area (Å²) in [4.78, 5) is 29.3. The maximum atomic E-state index is 14.4. The predicted molar refractivity (Wildman–Crippen MR) is 122 cm³/mol. The minimum Gasteiger partial charge on any atom is -0.497 e. The van der Waals surface area contributed by atoms with E-state index in [1.165, 1.54) is 35.9 Å². The highest BCUT2D eigenvalue weighted by Crippen LogP contribution is 2.54. The van der Waals surface area contributed by atoms with Crippen LogP contribution in [0.4, 0.5) is 14.5 Å². The van der Waals surface area contributed by atoms with Crippen molar-refractivity contribution in [2.75, 3.05) is 24.3 Å². The van der Waals surface area contributed by atoms with Gasteiger partial charge >= 0.3 is 0 Å². The molecule has 3 aromatic carbocycles. The Kier molecular flexibility index (Phi) is 5.32. The van der Waals surface area contributed by atoms with Crippen LogP contribution in [0.15, 0.2) is 66.7 Å². The number of anilines is 1. The number of halogens is 2. The van der Waals surface area contributed by atoms with E-state index in [2.05, 4.69) is 0 Å². The number of amides is 2. The highest BCUT2D eigenvalue weighted by molar-refractivity contribution is 8.01. The number of methoxy groups -OCH3 is 1. The van der Waals surface area contributed by atoms with Crippen LogP contribution in [0.25, 0.3) is 0 Å². The summed E-state index contributed by atoms with van der Waals surface area (Å²) in [5.74, 6) is -0.864. The van der Waals surface area contributed by atoms with Crippen LogP contribution in [0, 0.1) is 11.6 Å². The summed E-state index contributed by atoms with van der Waals surface area (Å²) in [6.45, 7) is 0.324. The van der Waals surface area contributed by atoms with Gasteiger partial charge in [0.15, 0.2) is 4.87 Å². The Morgan fingerprint density at radius 1 is 1.09 bits per heavy atom. The molecular weight excluding hydrogens is 446 g/mol. The van der Waals surface area contributed by atoms with Gasteiger partial charge in [-0.05, 0) is 30.3 Å². The molecule has 0 unspecified atom stereocenters. The summed E-state index contributed by atoms with van der Waals surface area (Å²) >= 11 is 1.39. The average Bonchev–Trinajstić information content (AvgIpc) is 3.37. The largest absolute Gasteiger partial charge is 0.497 e. The van der Waals surface area contributed by atoms with Crippen molar-refractivity contribution in [1.82, 2.24) is 4.90 Å². The summed E-state index contributed by atoms with van der Waals surface area (Å²) in [6.07, 6.45) is 0. The molecule has 1 spiro atoms. The fourth-order valence-corrected chi connectivity index (χ4v) is 5.92. The van der Waals surface area contributed by atoms with E-state index in [0.717, 1.165) is 6.07 Å². The molecule has 1 fully saturated rings. The lowest BCUT2D eigenvalue weighted by Gasteiger charge is -2.33. The highest BCUT2D eigenvalue weighted by atomic mass is 32.2. The Hall–Kier alpha value is -3.39. The van der Waals surface area contributed by atoms with Crippen LogP contribution in [0.2, 0.25) is 0 Å². The Bertz CT molecular complexity index is 1270. The molecule has 2 aliphatic rings. The molecule has 2 aliphatic heterocycles. The van der Waals surface area contributed by atoms with E-state index in [9.17, 15) is 18.4 Å². The molecule has 5 nitrogen and oxygen atoms in total. The molecular formula is C25H20F2N2O3S. The number of ether oxygens (including phenoxy) is 1. The molecule has 0 radical (unpaired) electrons. The van der Waals surface area contributed by atoms with Gasteiger partial charge in [0.1, 0.15) is 17.4 Å². The Balaban J connectivity index is 1.57. The van der Waals surface area contributed by atoms with E-state index in [0.29, 0.717) is 34.9 Å². The zero-order valence-corrected chi connectivity index (χ0v) is 18.6. The molecule has 0 aliphatic carbocycles. The van der Waals surface area contributed by atoms with Gasteiger partial charge < -0.3 is 14.5 Å². The Morgan fingerprint density at radius 3 is 2.70 bits per heavy atom. The number of hydrogen-bond acceptors (Lipinski definition) is 4. The lowest BCUT2D eigenvalue weighted by Crippen LogP contribution is -2.50. The van der Waals surface area contributed by atoms with Gasteiger partial charge in [0.2, 0.25) is 0 Å². The average molecular weight is 467 g/mol. The molecule has 5 rings (SSSR count). The van der Waals surface area contributed by atoms with Gasteiger partial charge in [-0.15, -0.1) is 11.8 Å². The molecule has 0 bridgehead atoms. The number of hydrogen-bond donors (Lipinski definition) is 0. The number of carbonyl (C=O) groups excluding carboxylic acids is 2. The third-order valence-electron chi connectivity index (χ3n) is 6.01. The van der Waals surface area contributed by atoms with Crippen LogP contribution in [0.3, 0.4) is 0 Å². The fraction of sp³-hybridized carbons (Fsp3) is 0.200. The number of fused-ring (bicyclic) bond motifs is 2. The molecule has 1 atom stereocenters. The molecule has 0 N–H and O–H groups in total. The number of rotatable bonds is 4. The summed E-state index contributed by atoms with van der Waals surface area (Å²) in [6, 6.07) is 17.4. The first-order valence-electron chi connectivity index (χ1n) is 10.4. The van der Waals surface area contributed by atoms with Gasteiger partial charge in [-0.1, -0.05) is 30.3 Å². The highest BCUT2D eigenvalue weighted by Gasteiger charge is 2.59. The van der Waals surface area contributed by atoms with Gasteiger partial charge in [0.25, 0.3) is 11.8 Å². The maximum absolute atomic E-state index is 14.4. The zero-order valence-electron chi connectivity index (χ0n) is 17.8. The van der Waals surface area contributed by atoms with E-state index in [1.54, 1.807) is 41.3 Å². The van der Waals surface area contributed by atoms with Gasteiger partial charge in [0, 0.05) is 35.1 Å². The van der Waals surface area contributed by atoms with Crippen LogP contribution in [-0.4, -0.2) is 36.1 Å². The van der Waals surface area contributed by atoms with Crippen LogP contribution in [0.5, 0.6) is 5.75 Å². The Morgan fingerprint density at radius 2 is 1.91 bits per heavy atom. The molecule has 2 heterocycles. The predicted octanol–water partition coefficient (Wildman–Crippen LogP) is 4.56. The van der Waals surface area contributed by atoms with Crippen molar-refractivity contribution in [3.63, 3.8) is 0 Å². The van der Waals surface area contributed by atoms with Gasteiger partial charge in [-0.3, -0.25) is 9.59 Å². The molecule has 0 aromatic heterocycles. The maximum Gasteiger partial charge on any atom is 0.268 e. The smallest absolute Gasteiger partial charge is 0.268 e. The first-order valence-corrected chi connectivity index (χ1v) is 11.4. The van der Waals surface area contributed by atoms with Crippen LogP contribution >= 0.6 is 11.8 Å². The van der Waals surface area contributed by atoms with Crippen molar-refractivity contribution in [3.05, 3.63) is 95.1 Å². The second-order valence-corrected chi connectivity index (χ2v) is 9.11. The molecule has 33 heavy (non-hydrogen) atoms. The number of benzene rings is 3. The normalized spacial score (nSPS) is 19.3. The SMILES string of the molecule is COc1cccc(C(=O)N2CCS[C@]23C(=O)N(Cc2ccc(F)cc2F)c2ccccc23)c1. The van der Waals surface area contributed by atoms with Crippen molar-refractivity contribution in [2.45, 2.75) is 11.4 Å². The van der Waals surface area contributed by atoms with E-state index in [1.807, 2.05) is 12.1 Å². The molecule has 2 amide bonds. The quantitative estimate of drug-likeness (QED) is 0.566. The molecule has 8 heteroatoms. The van der Waals surface area contributed by atoms with Crippen molar-refractivity contribution in [3.8, 4) is 5.75 Å². The molecule has 168 valence electrons. The topological polar surface area (TPSA) is 49.9 Å². The fourth-order valence-electron chi connectivity index (χ4n) is 4.46. The van der Waals surface area contributed by atoms with E-state index in [-0.39, 0.29) is 23.9 Å². The van der Waals surface area contributed by atoms with E-state index in [4.69, 9.17) is 4.74 Å². The second kappa shape index (κ2) is 8.19. The van der Waals surface area contributed by atoms with Crippen molar-refractivity contribution >= 4 is 29.3 Å². The standard InChI is InChI=1S/C25H20F2N2O3S/c1-32-19-6-4-5-16(13-19)23(30)29-11-12-33-25(29)20-7-2-3-8-22(20)28(24(25)31)15-17-9-10-18(26)14-21(17)27/h2-10,13-14H,11-12,15H2,1H3/t25-/m1/s1. The van der Waals surface area contributed by atoms with Crippen molar-refractivity contribution < 1.29 is 23.1 Å². The van der Waals surface area contributed by atoms with E-state index < -0.39 is 16.5 Å². The monoisotopic (exact) mass is 466 g/mol. The second-order valence-electron chi connectivity index (χ2n) is 7.83. The molecule has 1 saturated heterocycles. The van der Waals surface area contributed by atoms with Crippen LogP contribution in [0.1, 0.15) is 21.5 Å². The number of para-hydroxylation sites is 1. The summed E-state index contributed by atoms with van der Waals surface area (Å²) in [7, 11) is 1.53. The summed E-state index contributed by atoms with van der Waals surface area (Å²) < 4.78 is 33.1. The zero-order chi connectivity index (χ0) is 23.2. The number of carbonyl (C=O) groups is 2. The van der Waals surface area contributed by atoms with Crippen LogP contribution in [-0.2, 0) is 16.2 Å². The minimum absolute atomic E-state index is 0.0640. The third kappa shape index (κ3) is 3.36. The number of nitrogens with zero attached hydrogens (tertiary/aromatic N) is 2. The van der Waals surface area contributed by atoms with Crippen molar-refractivity contribution in [2.24, 2.45) is 0 Å². The number of thioether (sulfide) groups is 1.